The number of aryl methyl sites for hydroxylation is 1. The van der Waals surface area contributed by atoms with Crippen molar-refractivity contribution in [3.05, 3.63) is 24.0 Å². The SMILES string of the molecule is CCN(CC)C(N)=NCc1cccn1C. The molecule has 0 unspecified atom stereocenters. The Morgan fingerprint density at radius 2 is 2.13 bits per heavy atom. The van der Waals surface area contributed by atoms with E-state index in [9.17, 15) is 0 Å². The van der Waals surface area contributed by atoms with Gasteiger partial charge in [-0.15, -0.1) is 0 Å². The molecule has 0 saturated heterocycles. The molecule has 2 N–H and O–H groups in total. The Hall–Kier alpha value is -1.45. The largest absolute Gasteiger partial charge is 0.370 e. The summed E-state index contributed by atoms with van der Waals surface area (Å²) in [5.74, 6) is 0.626. The lowest BCUT2D eigenvalue weighted by atomic mass is 10.4. The first-order valence-corrected chi connectivity index (χ1v) is 5.34. The average molecular weight is 208 g/mol. The maximum atomic E-state index is 5.87. The lowest BCUT2D eigenvalue weighted by Crippen LogP contribution is -2.37. The van der Waals surface area contributed by atoms with Gasteiger partial charge in [0.05, 0.1) is 6.54 Å². The van der Waals surface area contributed by atoms with Crippen LogP contribution >= 0.6 is 0 Å². The van der Waals surface area contributed by atoms with E-state index in [1.54, 1.807) is 0 Å². The van der Waals surface area contributed by atoms with E-state index in [0.29, 0.717) is 12.5 Å². The summed E-state index contributed by atoms with van der Waals surface area (Å²) in [5, 5.41) is 0. The van der Waals surface area contributed by atoms with Gasteiger partial charge in [0, 0.05) is 32.0 Å². The molecule has 0 spiro atoms. The second kappa shape index (κ2) is 5.44. The van der Waals surface area contributed by atoms with Crippen molar-refractivity contribution in [1.82, 2.24) is 9.47 Å². The summed E-state index contributed by atoms with van der Waals surface area (Å²) in [6, 6.07) is 4.07. The Morgan fingerprint density at radius 1 is 1.47 bits per heavy atom. The maximum absolute atomic E-state index is 5.87. The molecule has 0 aliphatic carbocycles. The molecule has 0 atom stereocenters. The minimum atomic E-state index is 0.626. The molecule has 1 heterocycles. The van der Waals surface area contributed by atoms with Gasteiger partial charge in [-0.3, -0.25) is 0 Å². The lowest BCUT2D eigenvalue weighted by molar-refractivity contribution is 0.458. The lowest BCUT2D eigenvalue weighted by Gasteiger charge is -2.19. The Balaban J connectivity index is 2.61. The topological polar surface area (TPSA) is 46.5 Å². The summed E-state index contributed by atoms with van der Waals surface area (Å²) in [7, 11) is 2.01. The van der Waals surface area contributed by atoms with Gasteiger partial charge >= 0.3 is 0 Å². The van der Waals surface area contributed by atoms with Gasteiger partial charge in [-0.1, -0.05) is 0 Å². The molecule has 0 saturated carbocycles. The highest BCUT2D eigenvalue weighted by molar-refractivity contribution is 5.77. The molecule has 1 aromatic heterocycles. The fraction of sp³-hybridized carbons (Fsp3) is 0.545. The fourth-order valence-electron chi connectivity index (χ4n) is 1.47. The molecule has 0 amide bonds. The van der Waals surface area contributed by atoms with E-state index >= 15 is 0 Å². The fourth-order valence-corrected chi connectivity index (χ4v) is 1.47. The van der Waals surface area contributed by atoms with Gasteiger partial charge in [-0.25, -0.2) is 4.99 Å². The van der Waals surface area contributed by atoms with Gasteiger partial charge in [-0.2, -0.15) is 0 Å². The van der Waals surface area contributed by atoms with E-state index in [1.807, 2.05) is 24.2 Å². The Kier molecular flexibility index (Phi) is 4.21. The van der Waals surface area contributed by atoms with Crippen molar-refractivity contribution in [2.45, 2.75) is 20.4 Å². The first kappa shape index (κ1) is 11.6. The standard InChI is InChI=1S/C11H20N4/c1-4-15(5-2)11(12)13-9-10-7-6-8-14(10)3/h6-8H,4-5,9H2,1-3H3,(H2,12,13). The summed E-state index contributed by atoms with van der Waals surface area (Å²) >= 11 is 0. The number of hydrogen-bond acceptors (Lipinski definition) is 1. The van der Waals surface area contributed by atoms with E-state index in [0.717, 1.165) is 13.1 Å². The van der Waals surface area contributed by atoms with E-state index in [4.69, 9.17) is 5.73 Å². The van der Waals surface area contributed by atoms with Crippen LogP contribution in [0, 0.1) is 0 Å². The summed E-state index contributed by atoms with van der Waals surface area (Å²) in [6.45, 7) is 6.60. The van der Waals surface area contributed by atoms with Crippen LogP contribution in [0.5, 0.6) is 0 Å². The first-order chi connectivity index (χ1) is 7.19. The number of nitrogens with zero attached hydrogens (tertiary/aromatic N) is 3. The van der Waals surface area contributed by atoms with E-state index in [1.165, 1.54) is 5.69 Å². The number of nitrogens with two attached hydrogens (primary N) is 1. The van der Waals surface area contributed by atoms with E-state index in [2.05, 4.69) is 29.5 Å². The minimum Gasteiger partial charge on any atom is -0.370 e. The highest BCUT2D eigenvalue weighted by Crippen LogP contribution is 2.01. The molecule has 1 aromatic rings. The zero-order valence-electron chi connectivity index (χ0n) is 9.77. The zero-order chi connectivity index (χ0) is 11.3. The first-order valence-electron chi connectivity index (χ1n) is 5.34. The van der Waals surface area contributed by atoms with Gasteiger partial charge in [0.15, 0.2) is 5.96 Å². The van der Waals surface area contributed by atoms with Crippen LogP contribution in [0.4, 0.5) is 0 Å². The Morgan fingerprint density at radius 3 is 2.60 bits per heavy atom. The Labute approximate surface area is 91.4 Å². The van der Waals surface area contributed by atoms with Crippen LogP contribution in [0.15, 0.2) is 23.3 Å². The summed E-state index contributed by atoms with van der Waals surface area (Å²) in [6.07, 6.45) is 2.01. The van der Waals surface area contributed by atoms with Gasteiger partial charge in [0.2, 0.25) is 0 Å². The third kappa shape index (κ3) is 3.01. The molecule has 1 rings (SSSR count). The van der Waals surface area contributed by atoms with Crippen molar-refractivity contribution < 1.29 is 0 Å². The molecular formula is C11H20N4. The van der Waals surface area contributed by atoms with Gasteiger partial charge in [0.1, 0.15) is 0 Å². The van der Waals surface area contributed by atoms with Crippen molar-refractivity contribution in [2.24, 2.45) is 17.8 Å². The van der Waals surface area contributed by atoms with Crippen LogP contribution in [0.3, 0.4) is 0 Å². The zero-order valence-corrected chi connectivity index (χ0v) is 9.77. The summed E-state index contributed by atoms with van der Waals surface area (Å²) in [4.78, 5) is 6.41. The molecule has 15 heavy (non-hydrogen) atoms. The number of aliphatic imine (C=N–C) groups is 1. The monoisotopic (exact) mass is 208 g/mol. The molecule has 0 aromatic carbocycles. The highest BCUT2D eigenvalue weighted by atomic mass is 15.2. The molecule has 0 fully saturated rings. The van der Waals surface area contributed by atoms with E-state index < -0.39 is 0 Å². The van der Waals surface area contributed by atoms with Crippen molar-refractivity contribution >= 4 is 5.96 Å². The molecule has 84 valence electrons. The molecular weight excluding hydrogens is 188 g/mol. The molecule has 4 nitrogen and oxygen atoms in total. The average Bonchev–Trinajstić information content (AvgIpc) is 2.63. The Bertz CT molecular complexity index is 323. The third-order valence-corrected chi connectivity index (χ3v) is 2.54. The molecule has 0 aliphatic rings. The summed E-state index contributed by atoms with van der Waals surface area (Å²) in [5.41, 5.74) is 7.04. The van der Waals surface area contributed by atoms with Crippen LogP contribution in [0.25, 0.3) is 0 Å². The molecule has 0 bridgehead atoms. The second-order valence-corrected chi connectivity index (χ2v) is 3.46. The van der Waals surface area contributed by atoms with Crippen LogP contribution in [0.1, 0.15) is 19.5 Å². The number of guanidine groups is 1. The maximum Gasteiger partial charge on any atom is 0.191 e. The smallest absolute Gasteiger partial charge is 0.191 e. The van der Waals surface area contributed by atoms with Crippen molar-refractivity contribution in [1.29, 1.82) is 0 Å². The number of rotatable bonds is 4. The van der Waals surface area contributed by atoms with Crippen LogP contribution in [0.2, 0.25) is 0 Å². The van der Waals surface area contributed by atoms with Gasteiger partial charge in [0.25, 0.3) is 0 Å². The van der Waals surface area contributed by atoms with Crippen LogP contribution < -0.4 is 5.73 Å². The molecule has 4 heteroatoms. The number of hydrogen-bond donors (Lipinski definition) is 1. The van der Waals surface area contributed by atoms with E-state index in [-0.39, 0.29) is 0 Å². The van der Waals surface area contributed by atoms with Gasteiger partial charge < -0.3 is 15.2 Å². The number of aromatic nitrogens is 1. The molecule has 0 aliphatic heterocycles. The van der Waals surface area contributed by atoms with Crippen molar-refractivity contribution in [3.8, 4) is 0 Å². The predicted octanol–water partition coefficient (Wildman–Crippen LogP) is 1.18. The van der Waals surface area contributed by atoms with Crippen molar-refractivity contribution in [3.63, 3.8) is 0 Å². The van der Waals surface area contributed by atoms with Gasteiger partial charge in [-0.05, 0) is 26.0 Å². The molecule has 0 radical (unpaired) electrons. The van der Waals surface area contributed by atoms with Crippen LogP contribution in [-0.2, 0) is 13.6 Å². The van der Waals surface area contributed by atoms with Crippen molar-refractivity contribution in [2.75, 3.05) is 13.1 Å². The van der Waals surface area contributed by atoms with Crippen LogP contribution in [-0.4, -0.2) is 28.5 Å². The normalized spacial score (nSPS) is 11.8. The quantitative estimate of drug-likeness (QED) is 0.596. The third-order valence-electron chi connectivity index (χ3n) is 2.54. The highest BCUT2D eigenvalue weighted by Gasteiger charge is 2.02. The minimum absolute atomic E-state index is 0.626. The second-order valence-electron chi connectivity index (χ2n) is 3.46. The predicted molar refractivity (Wildman–Crippen MR) is 63.7 cm³/mol. The summed E-state index contributed by atoms with van der Waals surface area (Å²) < 4.78 is 2.05.